The smallest absolute Gasteiger partial charge is 0.233 e. The zero-order chi connectivity index (χ0) is 18.4. The molecule has 1 aliphatic carbocycles. The van der Waals surface area contributed by atoms with Gasteiger partial charge in [-0.15, -0.1) is 0 Å². The number of hydrogen-bond acceptors (Lipinski definition) is 4. The third-order valence-electron chi connectivity index (χ3n) is 3.92. The van der Waals surface area contributed by atoms with Gasteiger partial charge >= 0.3 is 0 Å². The van der Waals surface area contributed by atoms with E-state index in [0.29, 0.717) is 12.0 Å². The van der Waals surface area contributed by atoms with Crippen LogP contribution in [0.4, 0.5) is 0 Å². The second-order valence-electron chi connectivity index (χ2n) is 5.50. The third kappa shape index (κ3) is 4.04. The normalized spacial score (nSPS) is 13.8. The molecule has 0 fully saturated rings. The van der Waals surface area contributed by atoms with Crippen molar-refractivity contribution in [2.75, 3.05) is 0 Å². The zero-order valence-corrected chi connectivity index (χ0v) is 14.0. The van der Waals surface area contributed by atoms with E-state index in [2.05, 4.69) is 6.58 Å². The summed E-state index contributed by atoms with van der Waals surface area (Å²) < 4.78 is 0. The molecule has 4 heteroatoms. The summed E-state index contributed by atoms with van der Waals surface area (Å²) in [4.78, 5) is 48.6. The Morgan fingerprint density at radius 3 is 2.04 bits per heavy atom. The van der Waals surface area contributed by atoms with Crippen molar-refractivity contribution in [1.29, 1.82) is 0 Å². The molecule has 1 aromatic rings. The maximum Gasteiger partial charge on any atom is 0.233 e. The van der Waals surface area contributed by atoms with Crippen LogP contribution in [-0.4, -0.2) is 23.1 Å². The summed E-state index contributed by atoms with van der Waals surface area (Å²) in [6.45, 7) is 5.14. The molecule has 1 aromatic carbocycles. The zero-order valence-electron chi connectivity index (χ0n) is 14.0. The molecule has 0 aromatic heterocycles. The Balaban J connectivity index is 2.18. The summed E-state index contributed by atoms with van der Waals surface area (Å²) in [6, 6.07) is 5.55. The molecule has 4 nitrogen and oxygen atoms in total. The Morgan fingerprint density at radius 1 is 0.960 bits per heavy atom. The molecule has 0 unspecified atom stereocenters. The van der Waals surface area contributed by atoms with E-state index in [9.17, 15) is 19.2 Å². The van der Waals surface area contributed by atoms with Crippen LogP contribution in [0.1, 0.15) is 40.5 Å². The number of rotatable bonds is 7. The van der Waals surface area contributed by atoms with Gasteiger partial charge < -0.3 is 0 Å². The Bertz CT molecular complexity index is 833. The maximum atomic E-state index is 12.3. The molecule has 0 heterocycles. The van der Waals surface area contributed by atoms with Gasteiger partial charge in [-0.1, -0.05) is 61.2 Å². The molecule has 0 bridgehead atoms. The minimum Gasteiger partial charge on any atom is -0.285 e. The van der Waals surface area contributed by atoms with Crippen molar-refractivity contribution in [2.24, 2.45) is 0 Å². The molecule has 0 amide bonds. The van der Waals surface area contributed by atoms with Gasteiger partial charge in [-0.2, -0.15) is 0 Å². The lowest BCUT2D eigenvalue weighted by Crippen LogP contribution is -2.18. The van der Waals surface area contributed by atoms with Crippen LogP contribution in [0.2, 0.25) is 0 Å². The largest absolute Gasteiger partial charge is 0.285 e. The number of allylic oxidation sites excluding steroid dienone is 7. The molecule has 0 radical (unpaired) electrons. The van der Waals surface area contributed by atoms with Gasteiger partial charge in [0.25, 0.3) is 0 Å². The minimum atomic E-state index is -0.682. The molecule has 0 spiro atoms. The number of carbonyl (C=O) groups excluding carboxylic acids is 4. The van der Waals surface area contributed by atoms with Crippen LogP contribution in [0.5, 0.6) is 0 Å². The van der Waals surface area contributed by atoms with E-state index in [4.69, 9.17) is 0 Å². The van der Waals surface area contributed by atoms with Crippen LogP contribution >= 0.6 is 0 Å². The van der Waals surface area contributed by atoms with Gasteiger partial charge in [0.1, 0.15) is 0 Å². The summed E-state index contributed by atoms with van der Waals surface area (Å²) >= 11 is 0. The van der Waals surface area contributed by atoms with Crippen molar-refractivity contribution in [3.05, 3.63) is 83.5 Å². The lowest BCUT2D eigenvalue weighted by molar-refractivity contribution is -0.112. The topological polar surface area (TPSA) is 68.3 Å². The molecule has 25 heavy (non-hydrogen) atoms. The van der Waals surface area contributed by atoms with Crippen molar-refractivity contribution < 1.29 is 19.2 Å². The number of carbonyl (C=O) groups is 4. The molecule has 0 saturated carbocycles. The first-order chi connectivity index (χ1) is 12.0. The third-order valence-corrected chi connectivity index (χ3v) is 3.92. The van der Waals surface area contributed by atoms with Crippen LogP contribution in [0.3, 0.4) is 0 Å². The Morgan fingerprint density at radius 2 is 1.56 bits per heavy atom. The van der Waals surface area contributed by atoms with Crippen LogP contribution < -0.4 is 0 Å². The molecule has 0 saturated heterocycles. The summed E-state index contributed by atoms with van der Waals surface area (Å²) in [5.41, 5.74) is 1.05. The van der Waals surface area contributed by atoms with E-state index in [-0.39, 0.29) is 16.7 Å². The number of Topliss-reactive ketones (excluding diaryl/α,β-unsaturated/α-hetero) is 4. The van der Waals surface area contributed by atoms with Gasteiger partial charge in [-0.3, -0.25) is 19.2 Å². The van der Waals surface area contributed by atoms with Crippen molar-refractivity contribution >= 4 is 23.1 Å². The van der Waals surface area contributed by atoms with Crippen LogP contribution in [-0.2, 0) is 9.59 Å². The van der Waals surface area contributed by atoms with E-state index in [1.807, 2.05) is 6.08 Å². The second-order valence-corrected chi connectivity index (χ2v) is 5.50. The van der Waals surface area contributed by atoms with Gasteiger partial charge in [0.15, 0.2) is 0 Å². The lowest BCUT2D eigenvalue weighted by atomic mass is 9.94. The monoisotopic (exact) mass is 334 g/mol. The summed E-state index contributed by atoms with van der Waals surface area (Å²) in [5.74, 6) is -2.50. The lowest BCUT2D eigenvalue weighted by Gasteiger charge is -2.07. The molecule has 1 aliphatic rings. The molecular weight excluding hydrogens is 316 g/mol. The average Bonchev–Trinajstić information content (AvgIpc) is 2.68. The quantitative estimate of drug-likeness (QED) is 0.331. The summed E-state index contributed by atoms with van der Waals surface area (Å²) in [6.07, 6.45) is 9.45. The Kier molecular flexibility index (Phi) is 5.90. The first-order valence-electron chi connectivity index (χ1n) is 7.92. The predicted molar refractivity (Wildman–Crippen MR) is 95.5 cm³/mol. The maximum absolute atomic E-state index is 12.3. The predicted octanol–water partition coefficient (Wildman–Crippen LogP) is 3.60. The van der Waals surface area contributed by atoms with E-state index in [0.717, 1.165) is 6.42 Å². The van der Waals surface area contributed by atoms with Crippen molar-refractivity contribution in [3.63, 3.8) is 0 Å². The first kappa shape index (κ1) is 18.2. The highest BCUT2D eigenvalue weighted by molar-refractivity contribution is 6.50. The van der Waals surface area contributed by atoms with Gasteiger partial charge in [-0.05, 0) is 19.8 Å². The van der Waals surface area contributed by atoms with Crippen molar-refractivity contribution in [1.82, 2.24) is 0 Å². The summed E-state index contributed by atoms with van der Waals surface area (Å²) in [7, 11) is 0. The fraction of sp³-hybridized carbons (Fsp3) is 0.143. The number of ketones is 4. The highest BCUT2D eigenvalue weighted by Gasteiger charge is 2.22. The number of benzene rings is 1. The standard InChI is InChI=1S/C21H18O4/c1-3-14(4-2)18(22)20(24)16-10-12-17(13-11-16)21(25)19(23)15-8-6-5-7-9-15/h3-6,8,10-13H,1,7,9H2,2H3/b14-4+. The molecule has 2 rings (SSSR count). The van der Waals surface area contributed by atoms with Gasteiger partial charge in [0.2, 0.25) is 23.1 Å². The Hall–Kier alpha value is -3.14. The molecule has 126 valence electrons. The Labute approximate surface area is 146 Å². The van der Waals surface area contributed by atoms with E-state index < -0.39 is 23.1 Å². The van der Waals surface area contributed by atoms with Gasteiger partial charge in [0, 0.05) is 22.3 Å². The van der Waals surface area contributed by atoms with Crippen LogP contribution in [0.15, 0.2) is 72.4 Å². The first-order valence-corrected chi connectivity index (χ1v) is 7.92. The molecule has 0 atom stereocenters. The average molecular weight is 334 g/mol. The van der Waals surface area contributed by atoms with Crippen molar-refractivity contribution in [3.8, 4) is 0 Å². The summed E-state index contributed by atoms with van der Waals surface area (Å²) in [5, 5.41) is 0. The number of hydrogen-bond donors (Lipinski definition) is 0. The highest BCUT2D eigenvalue weighted by Crippen LogP contribution is 2.16. The van der Waals surface area contributed by atoms with Crippen LogP contribution in [0.25, 0.3) is 0 Å². The van der Waals surface area contributed by atoms with Crippen LogP contribution in [0, 0.1) is 0 Å². The molecular formula is C21H18O4. The minimum absolute atomic E-state index is 0.162. The molecule has 0 N–H and O–H groups in total. The van der Waals surface area contributed by atoms with Gasteiger partial charge in [-0.25, -0.2) is 0 Å². The fourth-order valence-corrected chi connectivity index (χ4v) is 2.45. The van der Waals surface area contributed by atoms with Crippen molar-refractivity contribution in [2.45, 2.75) is 19.8 Å². The van der Waals surface area contributed by atoms with E-state index >= 15 is 0 Å². The molecule has 0 aliphatic heterocycles. The second kappa shape index (κ2) is 8.11. The fourth-order valence-electron chi connectivity index (χ4n) is 2.45. The SMILES string of the molecule is C=C/C(=C\C)C(=O)C(=O)c1ccc(C(=O)C(=O)C2=CC=CCC2)cc1. The van der Waals surface area contributed by atoms with E-state index in [1.165, 1.54) is 36.4 Å². The van der Waals surface area contributed by atoms with E-state index in [1.54, 1.807) is 19.1 Å². The highest BCUT2D eigenvalue weighted by atomic mass is 16.2. The van der Waals surface area contributed by atoms with Gasteiger partial charge in [0.05, 0.1) is 0 Å².